The molecule has 0 atom stereocenters. The van der Waals surface area contributed by atoms with Gasteiger partial charge in [0.25, 0.3) is 0 Å². The first-order valence-corrected chi connectivity index (χ1v) is 6.27. The number of esters is 1. The molecule has 0 aromatic carbocycles. The molecule has 1 saturated carbocycles. The third kappa shape index (κ3) is 5.50. The predicted molar refractivity (Wildman–Crippen MR) is 65.3 cm³/mol. The van der Waals surface area contributed by atoms with Gasteiger partial charge >= 0.3 is 5.97 Å². The lowest BCUT2D eigenvalue weighted by Gasteiger charge is -2.30. The predicted octanol–water partition coefficient (Wildman–Crippen LogP) is 2.45. The zero-order chi connectivity index (χ0) is 12.2. The van der Waals surface area contributed by atoms with Gasteiger partial charge in [-0.25, -0.2) is 0 Å². The molecule has 0 radical (unpaired) electrons. The Hall–Kier alpha value is -0.570. The highest BCUT2D eigenvalue weighted by Gasteiger charge is 2.20. The molecule has 0 aromatic heterocycles. The molecular formula is C13H25NO2. The van der Waals surface area contributed by atoms with Crippen molar-refractivity contribution in [3.63, 3.8) is 0 Å². The first-order chi connectivity index (χ1) is 7.37. The van der Waals surface area contributed by atoms with E-state index in [-0.39, 0.29) is 11.6 Å². The van der Waals surface area contributed by atoms with Crippen molar-refractivity contribution >= 4 is 5.97 Å². The second kappa shape index (κ2) is 5.67. The molecule has 0 heterocycles. The van der Waals surface area contributed by atoms with E-state index in [9.17, 15) is 4.79 Å². The Labute approximate surface area is 99.1 Å². The minimum Gasteiger partial charge on any atom is -0.460 e. The van der Waals surface area contributed by atoms with Gasteiger partial charge in [-0.05, 0) is 46.6 Å². The molecular weight excluding hydrogens is 202 g/mol. The SMILES string of the molecule is CN(CCC(=O)OC(C)(C)C)CC1CCC1. The maximum absolute atomic E-state index is 11.5. The smallest absolute Gasteiger partial charge is 0.307 e. The summed E-state index contributed by atoms with van der Waals surface area (Å²) in [6.07, 6.45) is 4.60. The molecule has 0 aromatic rings. The lowest BCUT2D eigenvalue weighted by molar-refractivity contribution is -0.155. The Morgan fingerprint density at radius 1 is 1.38 bits per heavy atom. The summed E-state index contributed by atoms with van der Waals surface area (Å²) in [5.74, 6) is 0.775. The van der Waals surface area contributed by atoms with Gasteiger partial charge in [0.15, 0.2) is 0 Å². The molecule has 0 N–H and O–H groups in total. The normalized spacial score (nSPS) is 17.3. The van der Waals surface area contributed by atoms with Crippen molar-refractivity contribution in [3.8, 4) is 0 Å². The van der Waals surface area contributed by atoms with Crippen LogP contribution in [0.5, 0.6) is 0 Å². The van der Waals surface area contributed by atoms with E-state index in [0.717, 1.165) is 19.0 Å². The molecule has 0 saturated heterocycles. The zero-order valence-electron chi connectivity index (χ0n) is 11.1. The molecule has 94 valence electrons. The van der Waals surface area contributed by atoms with Gasteiger partial charge < -0.3 is 9.64 Å². The van der Waals surface area contributed by atoms with Crippen LogP contribution >= 0.6 is 0 Å². The van der Waals surface area contributed by atoms with Crippen molar-refractivity contribution in [2.24, 2.45) is 5.92 Å². The van der Waals surface area contributed by atoms with Crippen LogP contribution in [-0.2, 0) is 9.53 Å². The topological polar surface area (TPSA) is 29.5 Å². The van der Waals surface area contributed by atoms with Crippen molar-refractivity contribution in [1.82, 2.24) is 4.90 Å². The molecule has 0 amide bonds. The molecule has 1 aliphatic carbocycles. The summed E-state index contributed by atoms with van der Waals surface area (Å²) in [5, 5.41) is 0. The Balaban J connectivity index is 2.10. The molecule has 1 fully saturated rings. The van der Waals surface area contributed by atoms with Crippen molar-refractivity contribution in [2.75, 3.05) is 20.1 Å². The number of carbonyl (C=O) groups is 1. The minimum absolute atomic E-state index is 0.0899. The fourth-order valence-corrected chi connectivity index (χ4v) is 1.88. The van der Waals surface area contributed by atoms with E-state index in [2.05, 4.69) is 11.9 Å². The minimum atomic E-state index is -0.358. The summed E-state index contributed by atoms with van der Waals surface area (Å²) in [7, 11) is 2.09. The van der Waals surface area contributed by atoms with E-state index in [1.807, 2.05) is 20.8 Å². The Morgan fingerprint density at radius 2 is 2.00 bits per heavy atom. The molecule has 0 aliphatic heterocycles. The van der Waals surface area contributed by atoms with E-state index in [1.165, 1.54) is 19.3 Å². The van der Waals surface area contributed by atoms with Crippen molar-refractivity contribution in [2.45, 2.75) is 52.1 Å². The lowest BCUT2D eigenvalue weighted by Crippen LogP contribution is -2.32. The fourth-order valence-electron chi connectivity index (χ4n) is 1.88. The van der Waals surface area contributed by atoms with E-state index >= 15 is 0 Å². The number of nitrogens with zero attached hydrogens (tertiary/aromatic N) is 1. The van der Waals surface area contributed by atoms with Crippen LogP contribution in [-0.4, -0.2) is 36.6 Å². The molecule has 0 spiro atoms. The van der Waals surface area contributed by atoms with Crippen LogP contribution in [0.4, 0.5) is 0 Å². The molecule has 3 heteroatoms. The van der Waals surface area contributed by atoms with Crippen LogP contribution in [0.15, 0.2) is 0 Å². The number of hydrogen-bond acceptors (Lipinski definition) is 3. The van der Waals surface area contributed by atoms with E-state index in [4.69, 9.17) is 4.74 Å². The van der Waals surface area contributed by atoms with Crippen molar-refractivity contribution in [1.29, 1.82) is 0 Å². The number of carbonyl (C=O) groups excluding carboxylic acids is 1. The third-order valence-electron chi connectivity index (χ3n) is 2.91. The summed E-state index contributed by atoms with van der Waals surface area (Å²) in [6.45, 7) is 7.66. The number of rotatable bonds is 5. The lowest BCUT2D eigenvalue weighted by atomic mass is 9.85. The molecule has 1 rings (SSSR count). The monoisotopic (exact) mass is 227 g/mol. The molecule has 0 bridgehead atoms. The Morgan fingerprint density at radius 3 is 2.44 bits per heavy atom. The van der Waals surface area contributed by atoms with E-state index in [1.54, 1.807) is 0 Å². The van der Waals surface area contributed by atoms with Crippen LogP contribution in [0.25, 0.3) is 0 Å². The highest BCUT2D eigenvalue weighted by molar-refractivity contribution is 5.70. The summed E-state index contributed by atoms with van der Waals surface area (Å²) in [6, 6.07) is 0. The third-order valence-corrected chi connectivity index (χ3v) is 2.91. The van der Waals surface area contributed by atoms with Gasteiger partial charge in [-0.2, -0.15) is 0 Å². The first kappa shape index (κ1) is 13.5. The second-order valence-corrected chi connectivity index (χ2v) is 5.90. The summed E-state index contributed by atoms with van der Waals surface area (Å²) in [5.41, 5.74) is -0.358. The molecule has 3 nitrogen and oxygen atoms in total. The van der Waals surface area contributed by atoms with Gasteiger partial charge in [0.2, 0.25) is 0 Å². The van der Waals surface area contributed by atoms with Crippen LogP contribution in [0, 0.1) is 5.92 Å². The summed E-state index contributed by atoms with van der Waals surface area (Å²) >= 11 is 0. The molecule has 0 unspecified atom stereocenters. The summed E-state index contributed by atoms with van der Waals surface area (Å²) in [4.78, 5) is 13.7. The van der Waals surface area contributed by atoms with E-state index in [0.29, 0.717) is 6.42 Å². The number of ether oxygens (including phenoxy) is 1. The van der Waals surface area contributed by atoms with Gasteiger partial charge in [-0.3, -0.25) is 4.79 Å². The Bertz CT molecular complexity index is 229. The van der Waals surface area contributed by atoms with Crippen LogP contribution in [0.2, 0.25) is 0 Å². The summed E-state index contributed by atoms with van der Waals surface area (Å²) < 4.78 is 5.27. The number of hydrogen-bond donors (Lipinski definition) is 0. The van der Waals surface area contributed by atoms with Gasteiger partial charge in [0.05, 0.1) is 6.42 Å². The second-order valence-electron chi connectivity index (χ2n) is 5.90. The maximum atomic E-state index is 11.5. The van der Waals surface area contributed by atoms with Gasteiger partial charge in [-0.1, -0.05) is 6.42 Å². The standard InChI is InChI=1S/C13H25NO2/c1-13(2,3)16-12(15)8-9-14(4)10-11-6-5-7-11/h11H,5-10H2,1-4H3. The highest BCUT2D eigenvalue weighted by Crippen LogP contribution is 2.26. The zero-order valence-corrected chi connectivity index (χ0v) is 11.1. The Kier molecular flexibility index (Phi) is 4.78. The molecule has 16 heavy (non-hydrogen) atoms. The highest BCUT2D eigenvalue weighted by atomic mass is 16.6. The fraction of sp³-hybridized carbons (Fsp3) is 0.923. The first-order valence-electron chi connectivity index (χ1n) is 6.27. The quantitative estimate of drug-likeness (QED) is 0.676. The average molecular weight is 227 g/mol. The van der Waals surface area contributed by atoms with Crippen LogP contribution < -0.4 is 0 Å². The maximum Gasteiger partial charge on any atom is 0.307 e. The largest absolute Gasteiger partial charge is 0.460 e. The van der Waals surface area contributed by atoms with E-state index < -0.39 is 0 Å². The van der Waals surface area contributed by atoms with Gasteiger partial charge in [-0.15, -0.1) is 0 Å². The van der Waals surface area contributed by atoms with Gasteiger partial charge in [0, 0.05) is 13.1 Å². The van der Waals surface area contributed by atoms with Gasteiger partial charge in [0.1, 0.15) is 5.60 Å². The van der Waals surface area contributed by atoms with Crippen molar-refractivity contribution in [3.05, 3.63) is 0 Å². The average Bonchev–Trinajstić information content (AvgIpc) is 2.05. The molecule has 1 aliphatic rings. The van der Waals surface area contributed by atoms with Crippen molar-refractivity contribution < 1.29 is 9.53 Å². The van der Waals surface area contributed by atoms with Crippen LogP contribution in [0.1, 0.15) is 46.5 Å². The van der Waals surface area contributed by atoms with Crippen LogP contribution in [0.3, 0.4) is 0 Å².